The molecule has 3 N–H and O–H groups in total. The van der Waals surface area contributed by atoms with E-state index < -0.39 is 10.0 Å². The van der Waals surface area contributed by atoms with Gasteiger partial charge in [0.15, 0.2) is 0 Å². The second kappa shape index (κ2) is 4.84. The van der Waals surface area contributed by atoms with Crippen molar-refractivity contribution < 1.29 is 8.42 Å². The second-order valence-electron chi connectivity index (χ2n) is 5.66. The van der Waals surface area contributed by atoms with Gasteiger partial charge in [-0.15, -0.1) is 11.3 Å². The highest BCUT2D eigenvalue weighted by molar-refractivity contribution is 7.89. The minimum absolute atomic E-state index is 0.158. The van der Waals surface area contributed by atoms with E-state index in [0.29, 0.717) is 23.3 Å². The highest BCUT2D eigenvalue weighted by atomic mass is 32.2. The van der Waals surface area contributed by atoms with E-state index in [1.807, 2.05) is 6.92 Å². The Morgan fingerprint density at radius 1 is 1.37 bits per heavy atom. The molecule has 2 aliphatic rings. The minimum atomic E-state index is -3.38. The highest BCUT2D eigenvalue weighted by Crippen LogP contribution is 2.45. The Bertz CT molecular complexity index is 559. The molecule has 106 valence electrons. The van der Waals surface area contributed by atoms with Gasteiger partial charge in [0.2, 0.25) is 10.0 Å². The first kappa shape index (κ1) is 13.5. The molecule has 0 atom stereocenters. The van der Waals surface area contributed by atoms with Gasteiger partial charge in [0, 0.05) is 22.3 Å². The number of hydrogen-bond acceptors (Lipinski definition) is 4. The molecule has 0 saturated heterocycles. The Balaban J connectivity index is 1.82. The standard InChI is InChI=1S/C13H20N2O2S2/c1-8-12(6-11(7-14)18-8)19(16,17)15-13(9-2-3-9)10-4-5-10/h6,9-10,13,15H,2-5,7,14H2,1H3. The summed E-state index contributed by atoms with van der Waals surface area (Å²) >= 11 is 1.47. The lowest BCUT2D eigenvalue weighted by Crippen LogP contribution is -2.38. The molecule has 4 nitrogen and oxygen atoms in total. The van der Waals surface area contributed by atoms with Crippen LogP contribution in [-0.2, 0) is 16.6 Å². The monoisotopic (exact) mass is 300 g/mol. The van der Waals surface area contributed by atoms with Gasteiger partial charge in [0.05, 0.1) is 4.90 Å². The summed E-state index contributed by atoms with van der Waals surface area (Å²) in [6, 6.07) is 1.88. The molecule has 2 fully saturated rings. The first-order chi connectivity index (χ1) is 9.01. The fraction of sp³-hybridized carbons (Fsp3) is 0.692. The number of rotatable bonds is 6. The average molecular weight is 300 g/mol. The van der Waals surface area contributed by atoms with Crippen molar-refractivity contribution in [1.82, 2.24) is 4.72 Å². The van der Waals surface area contributed by atoms with E-state index in [-0.39, 0.29) is 6.04 Å². The van der Waals surface area contributed by atoms with Gasteiger partial charge in [-0.2, -0.15) is 0 Å². The van der Waals surface area contributed by atoms with Crippen LogP contribution < -0.4 is 10.5 Å². The summed E-state index contributed by atoms with van der Waals surface area (Å²) in [5, 5.41) is 0. The van der Waals surface area contributed by atoms with Gasteiger partial charge in [-0.1, -0.05) is 0 Å². The average Bonchev–Trinajstić information content (AvgIpc) is 3.24. The number of sulfonamides is 1. The molecule has 0 radical (unpaired) electrons. The van der Waals surface area contributed by atoms with E-state index in [1.54, 1.807) is 6.07 Å². The normalized spacial score (nSPS) is 20.2. The molecule has 1 aromatic rings. The predicted molar refractivity (Wildman–Crippen MR) is 76.5 cm³/mol. The molecule has 0 spiro atoms. The third-order valence-corrected chi connectivity index (χ3v) is 6.75. The van der Waals surface area contributed by atoms with Crippen molar-refractivity contribution in [3.05, 3.63) is 15.8 Å². The molecule has 2 saturated carbocycles. The predicted octanol–water partition coefficient (Wildman–Crippen LogP) is 1.98. The molecule has 0 bridgehead atoms. The van der Waals surface area contributed by atoms with Crippen LogP contribution in [0.5, 0.6) is 0 Å². The molecule has 19 heavy (non-hydrogen) atoms. The Kier molecular flexibility index (Phi) is 3.45. The zero-order chi connectivity index (χ0) is 13.6. The van der Waals surface area contributed by atoms with Gasteiger partial charge in [0.1, 0.15) is 0 Å². The van der Waals surface area contributed by atoms with Crippen molar-refractivity contribution in [2.24, 2.45) is 17.6 Å². The Labute approximate surface area is 118 Å². The van der Waals surface area contributed by atoms with Crippen molar-refractivity contribution in [3.8, 4) is 0 Å². The molecular weight excluding hydrogens is 280 g/mol. The summed E-state index contributed by atoms with van der Waals surface area (Å²) in [6.45, 7) is 2.25. The Morgan fingerprint density at radius 3 is 2.37 bits per heavy atom. The summed E-state index contributed by atoms with van der Waals surface area (Å²) < 4.78 is 28.0. The summed E-state index contributed by atoms with van der Waals surface area (Å²) in [5.74, 6) is 1.13. The van der Waals surface area contributed by atoms with Crippen LogP contribution in [0.15, 0.2) is 11.0 Å². The Morgan fingerprint density at radius 2 is 1.95 bits per heavy atom. The fourth-order valence-electron chi connectivity index (χ4n) is 2.62. The van der Waals surface area contributed by atoms with Crippen molar-refractivity contribution in [1.29, 1.82) is 0 Å². The van der Waals surface area contributed by atoms with Crippen LogP contribution in [-0.4, -0.2) is 14.5 Å². The largest absolute Gasteiger partial charge is 0.326 e. The first-order valence-corrected chi connectivity index (χ1v) is 9.13. The lowest BCUT2D eigenvalue weighted by atomic mass is 10.1. The van der Waals surface area contributed by atoms with Gasteiger partial charge in [0.25, 0.3) is 0 Å². The van der Waals surface area contributed by atoms with Crippen molar-refractivity contribution in [2.75, 3.05) is 0 Å². The molecule has 0 aromatic carbocycles. The summed E-state index contributed by atoms with van der Waals surface area (Å²) in [6.07, 6.45) is 4.67. The van der Waals surface area contributed by atoms with E-state index in [2.05, 4.69) is 4.72 Å². The summed E-state index contributed by atoms with van der Waals surface area (Å²) in [5.41, 5.74) is 5.59. The molecule has 0 unspecified atom stereocenters. The van der Waals surface area contributed by atoms with E-state index in [1.165, 1.54) is 37.0 Å². The first-order valence-electron chi connectivity index (χ1n) is 6.83. The number of thiophene rings is 1. The third-order valence-electron chi connectivity index (χ3n) is 3.96. The third kappa shape index (κ3) is 2.86. The maximum atomic E-state index is 12.5. The summed E-state index contributed by atoms with van der Waals surface area (Å²) in [7, 11) is -3.38. The molecule has 6 heteroatoms. The lowest BCUT2D eigenvalue weighted by molar-refractivity contribution is 0.471. The lowest BCUT2D eigenvalue weighted by Gasteiger charge is -2.17. The van der Waals surface area contributed by atoms with Crippen LogP contribution in [0.1, 0.15) is 35.4 Å². The molecule has 0 aliphatic heterocycles. The van der Waals surface area contributed by atoms with E-state index >= 15 is 0 Å². The topological polar surface area (TPSA) is 72.2 Å². The van der Waals surface area contributed by atoms with Crippen LogP contribution in [0.2, 0.25) is 0 Å². The minimum Gasteiger partial charge on any atom is -0.326 e. The molecular formula is C13H20N2O2S2. The van der Waals surface area contributed by atoms with Crippen molar-refractivity contribution in [3.63, 3.8) is 0 Å². The maximum Gasteiger partial charge on any atom is 0.241 e. The number of aryl methyl sites for hydroxylation is 1. The molecule has 1 aromatic heterocycles. The van der Waals surface area contributed by atoms with Crippen LogP contribution in [0, 0.1) is 18.8 Å². The number of nitrogens with one attached hydrogen (secondary N) is 1. The maximum absolute atomic E-state index is 12.5. The molecule has 0 amide bonds. The molecule has 2 aliphatic carbocycles. The zero-order valence-corrected chi connectivity index (χ0v) is 12.7. The van der Waals surface area contributed by atoms with E-state index in [4.69, 9.17) is 5.73 Å². The highest BCUT2D eigenvalue weighted by Gasteiger charge is 2.43. The summed E-state index contributed by atoms with van der Waals surface area (Å²) in [4.78, 5) is 2.18. The van der Waals surface area contributed by atoms with Gasteiger partial charge in [-0.3, -0.25) is 0 Å². The van der Waals surface area contributed by atoms with Gasteiger partial charge >= 0.3 is 0 Å². The van der Waals surface area contributed by atoms with Gasteiger partial charge in [-0.25, -0.2) is 13.1 Å². The van der Waals surface area contributed by atoms with Crippen LogP contribution in [0.25, 0.3) is 0 Å². The van der Waals surface area contributed by atoms with Gasteiger partial charge in [-0.05, 0) is 50.5 Å². The van der Waals surface area contributed by atoms with Crippen LogP contribution in [0.3, 0.4) is 0 Å². The Hall–Kier alpha value is -0.430. The SMILES string of the molecule is Cc1sc(CN)cc1S(=O)(=O)NC(C1CC1)C1CC1. The quantitative estimate of drug-likeness (QED) is 0.844. The van der Waals surface area contributed by atoms with Crippen LogP contribution >= 0.6 is 11.3 Å². The fourth-order valence-corrected chi connectivity index (χ4v) is 5.51. The van der Waals surface area contributed by atoms with E-state index in [9.17, 15) is 8.42 Å². The van der Waals surface area contributed by atoms with Gasteiger partial charge < -0.3 is 5.73 Å². The van der Waals surface area contributed by atoms with Crippen molar-refractivity contribution >= 4 is 21.4 Å². The van der Waals surface area contributed by atoms with E-state index in [0.717, 1.165) is 9.75 Å². The zero-order valence-electron chi connectivity index (χ0n) is 11.1. The molecule has 3 rings (SSSR count). The second-order valence-corrected chi connectivity index (χ2v) is 8.68. The van der Waals surface area contributed by atoms with Crippen LogP contribution in [0.4, 0.5) is 0 Å². The number of nitrogens with two attached hydrogens (primary N) is 1. The van der Waals surface area contributed by atoms with Crippen molar-refractivity contribution in [2.45, 2.75) is 50.1 Å². The number of hydrogen-bond donors (Lipinski definition) is 2. The smallest absolute Gasteiger partial charge is 0.241 e. The molecule has 1 heterocycles.